The molecule has 0 bridgehead atoms. The smallest absolute Gasteiger partial charge is 0.147 e. The van der Waals surface area contributed by atoms with E-state index in [1.165, 1.54) is 0 Å². The molecular formula is C12H26O2. The maximum Gasteiger partial charge on any atom is 0.147 e. The molecular weight excluding hydrogens is 176 g/mol. The Morgan fingerprint density at radius 3 is 1.29 bits per heavy atom. The summed E-state index contributed by atoms with van der Waals surface area (Å²) in [6.45, 7) is 13.6. The first-order valence-corrected chi connectivity index (χ1v) is 4.96. The minimum atomic E-state index is 0. The van der Waals surface area contributed by atoms with E-state index in [1.54, 1.807) is 0 Å². The molecule has 0 aromatic heterocycles. The molecule has 1 saturated heterocycles. The van der Waals surface area contributed by atoms with Gasteiger partial charge in [0.1, 0.15) is 6.79 Å². The van der Waals surface area contributed by atoms with Gasteiger partial charge >= 0.3 is 0 Å². The van der Waals surface area contributed by atoms with E-state index in [-0.39, 0.29) is 30.5 Å². The van der Waals surface area contributed by atoms with Gasteiger partial charge in [-0.05, 0) is 10.8 Å². The van der Waals surface area contributed by atoms with Gasteiger partial charge in [-0.25, -0.2) is 0 Å². The van der Waals surface area contributed by atoms with Crippen molar-refractivity contribution in [1.82, 2.24) is 0 Å². The predicted octanol–water partition coefficient (Wildman–Crippen LogP) is 3.46. The van der Waals surface area contributed by atoms with Crippen molar-refractivity contribution in [2.75, 3.05) is 6.79 Å². The average Bonchev–Trinajstić information content (AvgIpc) is 2.27. The second-order valence-corrected chi connectivity index (χ2v) is 6.02. The van der Waals surface area contributed by atoms with Crippen LogP contribution in [-0.2, 0) is 9.47 Å². The second kappa shape index (κ2) is 4.19. The Morgan fingerprint density at radius 2 is 1.07 bits per heavy atom. The van der Waals surface area contributed by atoms with Crippen molar-refractivity contribution in [3.63, 3.8) is 0 Å². The number of hydrogen-bond donors (Lipinski definition) is 0. The molecule has 1 heterocycles. The zero-order valence-electron chi connectivity index (χ0n) is 9.68. The Morgan fingerprint density at radius 1 is 0.786 bits per heavy atom. The molecule has 0 N–H and O–H groups in total. The second-order valence-electron chi connectivity index (χ2n) is 6.02. The Hall–Kier alpha value is -0.0800. The maximum absolute atomic E-state index is 5.63. The van der Waals surface area contributed by atoms with Crippen molar-refractivity contribution in [2.45, 2.75) is 61.2 Å². The summed E-state index contributed by atoms with van der Waals surface area (Å²) in [5.41, 5.74) is 0.322. The van der Waals surface area contributed by atoms with E-state index in [0.29, 0.717) is 6.79 Å². The van der Waals surface area contributed by atoms with Crippen LogP contribution < -0.4 is 0 Å². The minimum absolute atomic E-state index is 0. The molecule has 0 aliphatic carbocycles. The van der Waals surface area contributed by atoms with Crippen LogP contribution in [0.2, 0.25) is 0 Å². The summed E-state index contributed by atoms with van der Waals surface area (Å²) in [7, 11) is 0. The molecule has 0 saturated carbocycles. The summed E-state index contributed by atoms with van der Waals surface area (Å²) in [6.07, 6.45) is 0.431. The molecule has 0 radical (unpaired) electrons. The third-order valence-electron chi connectivity index (χ3n) is 2.48. The van der Waals surface area contributed by atoms with Crippen LogP contribution in [0.4, 0.5) is 0 Å². The Balaban J connectivity index is 0.00000169. The Labute approximate surface area is 89.0 Å². The van der Waals surface area contributed by atoms with Crippen molar-refractivity contribution < 1.29 is 9.47 Å². The van der Waals surface area contributed by atoms with Crippen molar-refractivity contribution in [3.05, 3.63) is 0 Å². The molecule has 86 valence electrons. The van der Waals surface area contributed by atoms with Crippen LogP contribution in [-0.4, -0.2) is 19.0 Å². The Bertz CT molecular complexity index is 154. The SMILES string of the molecule is C.CC(C)(C)C1OCOC1C(C)(C)C. The van der Waals surface area contributed by atoms with Gasteiger partial charge in [0.15, 0.2) is 0 Å². The molecule has 2 heteroatoms. The molecule has 1 rings (SSSR count). The van der Waals surface area contributed by atoms with Crippen LogP contribution in [0.5, 0.6) is 0 Å². The Kier molecular flexibility index (Phi) is 4.17. The first kappa shape index (κ1) is 13.9. The van der Waals surface area contributed by atoms with Gasteiger partial charge in [0.2, 0.25) is 0 Å². The topological polar surface area (TPSA) is 18.5 Å². The van der Waals surface area contributed by atoms with E-state index in [2.05, 4.69) is 41.5 Å². The van der Waals surface area contributed by atoms with E-state index < -0.39 is 0 Å². The molecule has 0 aromatic rings. The highest BCUT2D eigenvalue weighted by molar-refractivity contribution is 4.91. The average molecular weight is 202 g/mol. The molecule has 1 fully saturated rings. The normalized spacial score (nSPS) is 28.7. The van der Waals surface area contributed by atoms with Gasteiger partial charge in [0.25, 0.3) is 0 Å². The lowest BCUT2D eigenvalue weighted by Crippen LogP contribution is -2.42. The summed E-state index contributed by atoms with van der Waals surface area (Å²) in [6, 6.07) is 0. The van der Waals surface area contributed by atoms with Gasteiger partial charge in [0, 0.05) is 0 Å². The first-order valence-electron chi connectivity index (χ1n) is 4.96. The molecule has 14 heavy (non-hydrogen) atoms. The van der Waals surface area contributed by atoms with Gasteiger partial charge in [-0.15, -0.1) is 0 Å². The summed E-state index contributed by atoms with van der Waals surface area (Å²) in [4.78, 5) is 0. The van der Waals surface area contributed by atoms with Gasteiger partial charge in [-0.1, -0.05) is 49.0 Å². The third-order valence-corrected chi connectivity index (χ3v) is 2.48. The fraction of sp³-hybridized carbons (Fsp3) is 1.00. The largest absolute Gasteiger partial charge is 0.349 e. The quantitative estimate of drug-likeness (QED) is 0.599. The van der Waals surface area contributed by atoms with Gasteiger partial charge in [0.05, 0.1) is 12.2 Å². The van der Waals surface area contributed by atoms with Gasteiger partial charge < -0.3 is 9.47 Å². The summed E-state index contributed by atoms with van der Waals surface area (Å²) in [5.74, 6) is 0. The fourth-order valence-corrected chi connectivity index (χ4v) is 1.77. The number of rotatable bonds is 0. The highest BCUT2D eigenvalue weighted by atomic mass is 16.7. The van der Waals surface area contributed by atoms with Crippen LogP contribution in [0, 0.1) is 10.8 Å². The van der Waals surface area contributed by atoms with Crippen LogP contribution >= 0.6 is 0 Å². The fourth-order valence-electron chi connectivity index (χ4n) is 1.77. The van der Waals surface area contributed by atoms with E-state index in [9.17, 15) is 0 Å². The molecule has 0 aromatic carbocycles. The lowest BCUT2D eigenvalue weighted by Gasteiger charge is -2.36. The lowest BCUT2D eigenvalue weighted by atomic mass is 9.76. The summed E-state index contributed by atoms with van der Waals surface area (Å²) < 4.78 is 11.3. The highest BCUT2D eigenvalue weighted by Crippen LogP contribution is 2.38. The van der Waals surface area contributed by atoms with Gasteiger partial charge in [-0.3, -0.25) is 0 Å². The molecule has 1 aliphatic heterocycles. The standard InChI is InChI=1S/C11H22O2.CH4/c1-10(2,3)8-9(11(4,5)6)13-7-12-8;/h8-9H,7H2,1-6H3;1H4. The summed E-state index contributed by atoms with van der Waals surface area (Å²) >= 11 is 0. The summed E-state index contributed by atoms with van der Waals surface area (Å²) in [5, 5.41) is 0. The van der Waals surface area contributed by atoms with Crippen molar-refractivity contribution in [2.24, 2.45) is 10.8 Å². The first-order chi connectivity index (χ1) is 5.73. The van der Waals surface area contributed by atoms with Crippen molar-refractivity contribution >= 4 is 0 Å². The monoisotopic (exact) mass is 202 g/mol. The van der Waals surface area contributed by atoms with Crippen molar-refractivity contribution in [3.8, 4) is 0 Å². The van der Waals surface area contributed by atoms with Crippen LogP contribution in [0.1, 0.15) is 49.0 Å². The molecule has 2 nitrogen and oxygen atoms in total. The van der Waals surface area contributed by atoms with Crippen LogP contribution in [0.3, 0.4) is 0 Å². The number of hydrogen-bond acceptors (Lipinski definition) is 2. The third kappa shape index (κ3) is 2.96. The van der Waals surface area contributed by atoms with E-state index in [0.717, 1.165) is 0 Å². The molecule has 0 spiro atoms. The molecule has 2 unspecified atom stereocenters. The van der Waals surface area contributed by atoms with Crippen LogP contribution in [0.15, 0.2) is 0 Å². The molecule has 0 amide bonds. The highest BCUT2D eigenvalue weighted by Gasteiger charge is 2.44. The zero-order chi connectivity index (χ0) is 10.3. The van der Waals surface area contributed by atoms with Gasteiger partial charge in [-0.2, -0.15) is 0 Å². The van der Waals surface area contributed by atoms with Crippen LogP contribution in [0.25, 0.3) is 0 Å². The van der Waals surface area contributed by atoms with Crippen molar-refractivity contribution in [1.29, 1.82) is 0 Å². The zero-order valence-corrected chi connectivity index (χ0v) is 9.68. The molecule has 2 atom stereocenters. The van der Waals surface area contributed by atoms with E-state index >= 15 is 0 Å². The lowest BCUT2D eigenvalue weighted by molar-refractivity contribution is 0.000876. The van der Waals surface area contributed by atoms with E-state index in [1.807, 2.05) is 0 Å². The molecule has 1 aliphatic rings. The number of ether oxygens (including phenoxy) is 2. The minimum Gasteiger partial charge on any atom is -0.349 e. The van der Waals surface area contributed by atoms with E-state index in [4.69, 9.17) is 9.47 Å². The predicted molar refractivity (Wildman–Crippen MR) is 60.3 cm³/mol. The maximum atomic E-state index is 5.63.